The van der Waals surface area contributed by atoms with Gasteiger partial charge < -0.3 is 4.90 Å². The van der Waals surface area contributed by atoms with Crippen LogP contribution in [0.25, 0.3) is 11.3 Å². The Balaban J connectivity index is 1.58. The third-order valence-electron chi connectivity index (χ3n) is 4.00. The minimum Gasteiger partial charge on any atom is -0.312 e. The summed E-state index contributed by atoms with van der Waals surface area (Å²) in [5, 5.41) is 3.42. The van der Waals surface area contributed by atoms with Crippen molar-refractivity contribution < 1.29 is 4.79 Å². The van der Waals surface area contributed by atoms with Gasteiger partial charge in [-0.2, -0.15) is 0 Å². The van der Waals surface area contributed by atoms with Crippen molar-refractivity contribution in [1.82, 2.24) is 4.98 Å². The molecule has 20 heavy (non-hydrogen) atoms. The maximum atomic E-state index is 11.7. The lowest BCUT2D eigenvalue weighted by atomic mass is 10.1. The van der Waals surface area contributed by atoms with E-state index in [1.165, 1.54) is 17.8 Å². The van der Waals surface area contributed by atoms with Crippen LogP contribution in [0.2, 0.25) is 0 Å². The molecule has 0 unspecified atom stereocenters. The number of carbonyl (C=O) groups excluding carboxylic acids is 1. The molecule has 0 atom stereocenters. The van der Waals surface area contributed by atoms with Crippen LogP contribution in [0.4, 0.5) is 5.69 Å². The Hall–Kier alpha value is -1.68. The van der Waals surface area contributed by atoms with Crippen LogP contribution in [0, 0.1) is 0 Å². The molecular weight excluding hydrogens is 268 g/mol. The second-order valence-electron chi connectivity index (χ2n) is 5.54. The first-order valence-electron chi connectivity index (χ1n) is 7.17. The zero-order valence-corrected chi connectivity index (χ0v) is 12.0. The number of nitrogens with zero attached hydrogens (tertiary/aromatic N) is 2. The molecule has 1 aromatic carbocycles. The maximum Gasteiger partial charge on any atom is 0.227 e. The first-order chi connectivity index (χ1) is 9.81. The highest BCUT2D eigenvalue weighted by atomic mass is 32.1. The van der Waals surface area contributed by atoms with Gasteiger partial charge in [-0.15, -0.1) is 11.3 Å². The van der Waals surface area contributed by atoms with Gasteiger partial charge in [-0.1, -0.05) is 12.1 Å². The van der Waals surface area contributed by atoms with E-state index in [-0.39, 0.29) is 5.91 Å². The lowest BCUT2D eigenvalue weighted by molar-refractivity contribution is -0.117. The van der Waals surface area contributed by atoms with Crippen molar-refractivity contribution in [3.63, 3.8) is 0 Å². The number of amides is 1. The van der Waals surface area contributed by atoms with Gasteiger partial charge in [0.1, 0.15) is 0 Å². The van der Waals surface area contributed by atoms with E-state index in [4.69, 9.17) is 4.98 Å². The topological polar surface area (TPSA) is 33.2 Å². The third kappa shape index (κ3) is 2.14. The zero-order chi connectivity index (χ0) is 13.5. The summed E-state index contributed by atoms with van der Waals surface area (Å²) in [6.45, 7) is 0.848. The quantitative estimate of drug-likeness (QED) is 0.858. The molecule has 2 aromatic rings. The molecule has 1 aromatic heterocycles. The molecule has 0 N–H and O–H groups in total. The number of thiazole rings is 1. The molecule has 2 aliphatic rings. The summed E-state index contributed by atoms with van der Waals surface area (Å²) in [6.07, 6.45) is 4.24. The van der Waals surface area contributed by atoms with E-state index in [9.17, 15) is 4.79 Å². The van der Waals surface area contributed by atoms with E-state index in [1.807, 2.05) is 17.0 Å². The highest BCUT2D eigenvalue weighted by Gasteiger charge is 2.27. The van der Waals surface area contributed by atoms with Crippen LogP contribution in [-0.2, 0) is 4.79 Å². The fraction of sp³-hybridized carbons (Fsp3) is 0.375. The second kappa shape index (κ2) is 4.70. The Labute approximate surface area is 122 Å². The summed E-state index contributed by atoms with van der Waals surface area (Å²) in [5.41, 5.74) is 3.22. The molecule has 1 aliphatic heterocycles. The van der Waals surface area contributed by atoms with Gasteiger partial charge in [0.15, 0.2) is 0 Å². The first kappa shape index (κ1) is 12.1. The minimum absolute atomic E-state index is 0.238. The summed E-state index contributed by atoms with van der Waals surface area (Å²) >= 11 is 1.77. The van der Waals surface area contributed by atoms with Crippen molar-refractivity contribution in [2.45, 2.75) is 31.6 Å². The molecule has 2 heterocycles. The van der Waals surface area contributed by atoms with Crippen LogP contribution in [0.3, 0.4) is 0 Å². The van der Waals surface area contributed by atoms with E-state index in [0.29, 0.717) is 6.42 Å². The van der Waals surface area contributed by atoms with Gasteiger partial charge in [0.25, 0.3) is 0 Å². The molecule has 3 nitrogen and oxygen atoms in total. The van der Waals surface area contributed by atoms with Crippen LogP contribution in [-0.4, -0.2) is 17.4 Å². The highest BCUT2D eigenvalue weighted by Crippen LogP contribution is 2.42. The van der Waals surface area contributed by atoms with Crippen molar-refractivity contribution >= 4 is 22.9 Å². The van der Waals surface area contributed by atoms with Crippen molar-refractivity contribution in [1.29, 1.82) is 0 Å². The van der Waals surface area contributed by atoms with Gasteiger partial charge in [-0.25, -0.2) is 4.98 Å². The lowest BCUT2D eigenvalue weighted by Gasteiger charge is -2.15. The Morgan fingerprint density at radius 3 is 2.65 bits per heavy atom. The average molecular weight is 284 g/mol. The summed E-state index contributed by atoms with van der Waals surface area (Å²) in [4.78, 5) is 18.3. The minimum atomic E-state index is 0.238. The summed E-state index contributed by atoms with van der Waals surface area (Å²) in [5.74, 6) is 0.956. The van der Waals surface area contributed by atoms with Gasteiger partial charge in [0.2, 0.25) is 5.91 Å². The standard InChI is InChI=1S/C16H16N2OS/c19-15-2-1-9-18(15)13-7-5-11(6-8-13)14-10-20-16(17-14)12-3-4-12/h5-8,10,12H,1-4,9H2. The number of anilines is 1. The number of rotatable bonds is 3. The number of carbonyl (C=O) groups is 1. The molecule has 4 heteroatoms. The molecule has 0 bridgehead atoms. The number of hydrogen-bond acceptors (Lipinski definition) is 3. The SMILES string of the molecule is O=C1CCCN1c1ccc(-c2csc(C3CC3)n2)cc1. The van der Waals surface area contributed by atoms with E-state index in [2.05, 4.69) is 17.5 Å². The molecule has 1 amide bonds. The molecule has 1 aliphatic carbocycles. The normalized spacial score (nSPS) is 18.8. The first-order valence-corrected chi connectivity index (χ1v) is 8.05. The van der Waals surface area contributed by atoms with Gasteiger partial charge in [-0.05, 0) is 31.4 Å². The Kier molecular flexibility index (Phi) is 2.84. The van der Waals surface area contributed by atoms with Crippen LogP contribution >= 0.6 is 11.3 Å². The van der Waals surface area contributed by atoms with Crippen molar-refractivity contribution in [3.05, 3.63) is 34.7 Å². The van der Waals surface area contributed by atoms with Gasteiger partial charge >= 0.3 is 0 Å². The molecule has 4 rings (SSSR count). The number of hydrogen-bond donors (Lipinski definition) is 0. The summed E-state index contributed by atoms with van der Waals surface area (Å²) in [7, 11) is 0. The fourth-order valence-corrected chi connectivity index (χ4v) is 3.67. The molecule has 2 fully saturated rings. The largest absolute Gasteiger partial charge is 0.312 e. The van der Waals surface area contributed by atoms with Crippen LogP contribution in [0.1, 0.15) is 36.6 Å². The molecule has 102 valence electrons. The van der Waals surface area contributed by atoms with E-state index >= 15 is 0 Å². The molecule has 0 radical (unpaired) electrons. The Bertz CT molecular complexity index is 643. The monoisotopic (exact) mass is 284 g/mol. The van der Waals surface area contributed by atoms with E-state index in [1.54, 1.807) is 11.3 Å². The van der Waals surface area contributed by atoms with Gasteiger partial charge in [-0.3, -0.25) is 4.79 Å². The van der Waals surface area contributed by atoms with Crippen LogP contribution < -0.4 is 4.90 Å². The highest BCUT2D eigenvalue weighted by molar-refractivity contribution is 7.10. The Morgan fingerprint density at radius 2 is 2.00 bits per heavy atom. The lowest BCUT2D eigenvalue weighted by Crippen LogP contribution is -2.23. The predicted octanol–water partition coefficient (Wildman–Crippen LogP) is 3.81. The van der Waals surface area contributed by atoms with E-state index < -0.39 is 0 Å². The zero-order valence-electron chi connectivity index (χ0n) is 11.2. The summed E-state index contributed by atoms with van der Waals surface area (Å²) < 4.78 is 0. The third-order valence-corrected chi connectivity index (χ3v) is 5.00. The fourth-order valence-electron chi connectivity index (χ4n) is 2.67. The second-order valence-corrected chi connectivity index (χ2v) is 6.43. The average Bonchev–Trinajstić information content (AvgIpc) is 3.05. The van der Waals surface area contributed by atoms with Crippen molar-refractivity contribution in [2.24, 2.45) is 0 Å². The van der Waals surface area contributed by atoms with Crippen molar-refractivity contribution in [3.8, 4) is 11.3 Å². The molecule has 1 saturated heterocycles. The van der Waals surface area contributed by atoms with E-state index in [0.717, 1.165) is 35.8 Å². The molecular formula is C16H16N2OS. The maximum absolute atomic E-state index is 11.7. The van der Waals surface area contributed by atoms with Gasteiger partial charge in [0, 0.05) is 35.5 Å². The van der Waals surface area contributed by atoms with Crippen molar-refractivity contribution in [2.75, 3.05) is 11.4 Å². The number of aromatic nitrogens is 1. The smallest absolute Gasteiger partial charge is 0.227 e. The number of benzene rings is 1. The molecule has 1 saturated carbocycles. The molecule has 0 spiro atoms. The van der Waals surface area contributed by atoms with Crippen LogP contribution in [0.15, 0.2) is 29.6 Å². The summed E-state index contributed by atoms with van der Waals surface area (Å²) in [6, 6.07) is 8.22. The van der Waals surface area contributed by atoms with Crippen LogP contribution in [0.5, 0.6) is 0 Å². The Morgan fingerprint density at radius 1 is 1.20 bits per heavy atom. The predicted molar refractivity (Wildman–Crippen MR) is 81.1 cm³/mol. The van der Waals surface area contributed by atoms with Gasteiger partial charge in [0.05, 0.1) is 10.7 Å².